The number of halogens is 1. The van der Waals surface area contributed by atoms with Crippen molar-refractivity contribution in [3.05, 3.63) is 100.0 Å². The molecule has 4 rings (SSSR count). The van der Waals surface area contributed by atoms with Crippen LogP contribution in [-0.2, 0) is 9.59 Å². The first kappa shape index (κ1) is 22.7. The van der Waals surface area contributed by atoms with Crippen molar-refractivity contribution in [1.82, 2.24) is 0 Å². The Kier molecular flexibility index (Phi) is 6.35. The average molecular weight is 461 g/mol. The SMILES string of the molecule is CCCOc1cccc(NC2=C(c3ccc([N+](=O)[O-])cc3)C(=O)N(c3ccc(F)cc3)C2=O)c1. The molecule has 0 saturated heterocycles. The third-order valence-electron chi connectivity index (χ3n) is 5.11. The van der Waals surface area contributed by atoms with E-state index in [-0.39, 0.29) is 22.6 Å². The Morgan fingerprint density at radius 3 is 2.35 bits per heavy atom. The molecule has 9 heteroatoms. The lowest BCUT2D eigenvalue weighted by Crippen LogP contribution is -2.32. The highest BCUT2D eigenvalue weighted by Crippen LogP contribution is 2.34. The van der Waals surface area contributed by atoms with Crippen LogP contribution >= 0.6 is 0 Å². The zero-order chi connectivity index (χ0) is 24.2. The fourth-order valence-corrected chi connectivity index (χ4v) is 3.52. The number of benzene rings is 3. The van der Waals surface area contributed by atoms with Gasteiger partial charge in [-0.3, -0.25) is 19.7 Å². The van der Waals surface area contributed by atoms with Gasteiger partial charge in [0.05, 0.1) is 22.8 Å². The molecule has 0 bridgehead atoms. The molecule has 8 nitrogen and oxygen atoms in total. The zero-order valence-corrected chi connectivity index (χ0v) is 18.2. The molecule has 34 heavy (non-hydrogen) atoms. The molecule has 3 aromatic rings. The monoisotopic (exact) mass is 461 g/mol. The van der Waals surface area contributed by atoms with Crippen molar-refractivity contribution in [3.63, 3.8) is 0 Å². The van der Waals surface area contributed by atoms with Crippen LogP contribution in [0.4, 0.5) is 21.5 Å². The van der Waals surface area contributed by atoms with Crippen LogP contribution in [0.2, 0.25) is 0 Å². The summed E-state index contributed by atoms with van der Waals surface area (Å²) in [6.07, 6.45) is 0.826. The molecular formula is C25H20FN3O5. The summed E-state index contributed by atoms with van der Waals surface area (Å²) in [5.74, 6) is -1.18. The molecule has 0 fully saturated rings. The van der Waals surface area contributed by atoms with Crippen LogP contribution in [0.25, 0.3) is 5.57 Å². The van der Waals surface area contributed by atoms with Crippen molar-refractivity contribution in [1.29, 1.82) is 0 Å². The van der Waals surface area contributed by atoms with Crippen molar-refractivity contribution in [2.24, 2.45) is 0 Å². The Bertz CT molecular complexity index is 1290. The minimum Gasteiger partial charge on any atom is -0.494 e. The van der Waals surface area contributed by atoms with E-state index in [4.69, 9.17) is 4.74 Å². The summed E-state index contributed by atoms with van der Waals surface area (Å²) in [5, 5.41) is 14.1. The van der Waals surface area contributed by atoms with Gasteiger partial charge in [-0.05, 0) is 60.5 Å². The molecule has 1 heterocycles. The fraction of sp³-hybridized carbons (Fsp3) is 0.120. The van der Waals surface area contributed by atoms with Crippen molar-refractivity contribution in [2.75, 3.05) is 16.8 Å². The van der Waals surface area contributed by atoms with Crippen LogP contribution < -0.4 is 15.0 Å². The number of carbonyl (C=O) groups excluding carboxylic acids is 2. The van der Waals surface area contributed by atoms with E-state index >= 15 is 0 Å². The van der Waals surface area contributed by atoms with Crippen LogP contribution in [0.1, 0.15) is 18.9 Å². The molecular weight excluding hydrogens is 441 g/mol. The predicted molar refractivity (Wildman–Crippen MR) is 125 cm³/mol. The number of carbonyl (C=O) groups is 2. The smallest absolute Gasteiger partial charge is 0.282 e. The summed E-state index contributed by atoms with van der Waals surface area (Å²) >= 11 is 0. The molecule has 1 aliphatic heterocycles. The number of amides is 2. The van der Waals surface area contributed by atoms with Crippen molar-refractivity contribution < 1.29 is 23.6 Å². The maximum absolute atomic E-state index is 13.4. The van der Waals surface area contributed by atoms with Gasteiger partial charge in [-0.1, -0.05) is 13.0 Å². The number of nitro benzene ring substituents is 1. The number of hydrogen-bond acceptors (Lipinski definition) is 6. The van der Waals surface area contributed by atoms with E-state index in [1.54, 1.807) is 24.3 Å². The Balaban J connectivity index is 1.76. The number of anilines is 2. The Morgan fingerprint density at radius 1 is 1.00 bits per heavy atom. The summed E-state index contributed by atoms with van der Waals surface area (Å²) in [5.41, 5.74) is 0.943. The maximum Gasteiger partial charge on any atom is 0.282 e. The van der Waals surface area contributed by atoms with E-state index in [9.17, 15) is 24.1 Å². The molecule has 1 aliphatic rings. The second kappa shape index (κ2) is 9.53. The molecule has 0 aliphatic carbocycles. The highest BCUT2D eigenvalue weighted by Gasteiger charge is 2.40. The first-order valence-corrected chi connectivity index (χ1v) is 10.5. The summed E-state index contributed by atoms with van der Waals surface area (Å²) in [6, 6.07) is 17.3. The topological polar surface area (TPSA) is 102 Å². The lowest BCUT2D eigenvalue weighted by molar-refractivity contribution is -0.384. The quantitative estimate of drug-likeness (QED) is 0.290. The second-order valence-corrected chi connectivity index (χ2v) is 7.48. The van der Waals surface area contributed by atoms with Gasteiger partial charge in [0.15, 0.2) is 0 Å². The molecule has 0 atom stereocenters. The van der Waals surface area contributed by atoms with Crippen molar-refractivity contribution in [3.8, 4) is 5.75 Å². The van der Waals surface area contributed by atoms with Gasteiger partial charge >= 0.3 is 0 Å². The first-order valence-electron chi connectivity index (χ1n) is 10.5. The van der Waals surface area contributed by atoms with Crippen LogP contribution in [0.5, 0.6) is 5.75 Å². The third-order valence-corrected chi connectivity index (χ3v) is 5.11. The minimum atomic E-state index is -0.634. The molecule has 0 aromatic heterocycles. The van der Waals surface area contributed by atoms with Crippen LogP contribution in [0.3, 0.4) is 0 Å². The van der Waals surface area contributed by atoms with E-state index in [1.807, 2.05) is 6.92 Å². The highest BCUT2D eigenvalue weighted by atomic mass is 19.1. The van der Waals surface area contributed by atoms with Gasteiger partial charge in [-0.25, -0.2) is 9.29 Å². The number of nitrogens with zero attached hydrogens (tertiary/aromatic N) is 2. The van der Waals surface area contributed by atoms with Gasteiger partial charge in [-0.2, -0.15) is 0 Å². The Labute approximate surface area is 194 Å². The number of hydrogen-bond donors (Lipinski definition) is 1. The summed E-state index contributed by atoms with van der Waals surface area (Å²) in [4.78, 5) is 38.2. The molecule has 0 saturated carbocycles. The van der Waals surface area contributed by atoms with E-state index in [0.29, 0.717) is 23.6 Å². The van der Waals surface area contributed by atoms with Crippen LogP contribution in [-0.4, -0.2) is 23.3 Å². The van der Waals surface area contributed by atoms with Crippen molar-refractivity contribution >= 4 is 34.4 Å². The van der Waals surface area contributed by atoms with E-state index in [1.165, 1.54) is 36.4 Å². The van der Waals surface area contributed by atoms with Gasteiger partial charge in [0.1, 0.15) is 17.3 Å². The van der Waals surface area contributed by atoms with E-state index in [0.717, 1.165) is 23.5 Å². The van der Waals surface area contributed by atoms with Crippen LogP contribution in [0, 0.1) is 15.9 Å². The Hall–Kier alpha value is -4.53. The molecule has 1 N–H and O–H groups in total. The van der Waals surface area contributed by atoms with Crippen molar-refractivity contribution in [2.45, 2.75) is 13.3 Å². The largest absolute Gasteiger partial charge is 0.494 e. The normalized spacial score (nSPS) is 13.4. The first-order chi connectivity index (χ1) is 16.4. The maximum atomic E-state index is 13.4. The fourth-order valence-electron chi connectivity index (χ4n) is 3.52. The molecule has 0 spiro atoms. The third kappa shape index (κ3) is 4.49. The Morgan fingerprint density at radius 2 is 1.71 bits per heavy atom. The van der Waals surface area contributed by atoms with Gasteiger partial charge in [0.2, 0.25) is 0 Å². The predicted octanol–water partition coefficient (Wildman–Crippen LogP) is 4.92. The number of ether oxygens (including phenoxy) is 1. The van der Waals surface area contributed by atoms with Crippen LogP contribution in [0.15, 0.2) is 78.5 Å². The number of nitro groups is 1. The number of nitrogens with one attached hydrogen (secondary N) is 1. The molecule has 0 unspecified atom stereocenters. The number of non-ortho nitro benzene ring substituents is 1. The van der Waals surface area contributed by atoms with Gasteiger partial charge < -0.3 is 10.1 Å². The van der Waals surface area contributed by atoms with E-state index < -0.39 is 22.6 Å². The standard InChI is InChI=1S/C25H20FN3O5/c1-2-14-34-21-5-3-4-18(15-21)27-23-22(16-6-10-20(11-7-16)29(32)33)24(30)28(25(23)31)19-12-8-17(26)9-13-19/h3-13,15,27H,2,14H2,1H3. The summed E-state index contributed by atoms with van der Waals surface area (Å²) in [7, 11) is 0. The lowest BCUT2D eigenvalue weighted by Gasteiger charge is -2.15. The second-order valence-electron chi connectivity index (χ2n) is 7.48. The summed E-state index contributed by atoms with van der Waals surface area (Å²) < 4.78 is 19.1. The highest BCUT2D eigenvalue weighted by molar-refractivity contribution is 6.46. The molecule has 0 radical (unpaired) electrons. The van der Waals surface area contributed by atoms with Gasteiger partial charge in [0, 0.05) is 23.9 Å². The molecule has 2 amide bonds. The zero-order valence-electron chi connectivity index (χ0n) is 18.2. The number of rotatable bonds is 8. The molecule has 172 valence electrons. The lowest BCUT2D eigenvalue weighted by atomic mass is 10.0. The number of imide groups is 1. The van der Waals surface area contributed by atoms with Gasteiger partial charge in [-0.15, -0.1) is 0 Å². The molecule has 3 aromatic carbocycles. The van der Waals surface area contributed by atoms with Gasteiger partial charge in [0.25, 0.3) is 17.5 Å². The van der Waals surface area contributed by atoms with E-state index in [2.05, 4.69) is 5.32 Å². The summed E-state index contributed by atoms with van der Waals surface area (Å²) in [6.45, 7) is 2.51. The average Bonchev–Trinajstić information content (AvgIpc) is 3.08. The minimum absolute atomic E-state index is 0.00387.